The molecule has 1 aliphatic heterocycles. The summed E-state index contributed by atoms with van der Waals surface area (Å²) in [6.07, 6.45) is 0. The van der Waals surface area contributed by atoms with Crippen LogP contribution in [0.15, 0.2) is 48.5 Å². The quantitative estimate of drug-likeness (QED) is 0.790. The van der Waals surface area contributed by atoms with Crippen molar-refractivity contribution in [2.75, 3.05) is 26.4 Å². The van der Waals surface area contributed by atoms with Gasteiger partial charge in [-0.2, -0.15) is 0 Å². The molecule has 1 fully saturated rings. The van der Waals surface area contributed by atoms with Crippen LogP contribution in [0.1, 0.15) is 12.5 Å². The molecule has 0 radical (unpaired) electrons. The van der Waals surface area contributed by atoms with Crippen LogP contribution in [-0.2, 0) is 24.6 Å². The first-order valence-corrected chi connectivity index (χ1v) is 8.29. The molecule has 0 aromatic heterocycles. The van der Waals surface area contributed by atoms with E-state index in [9.17, 15) is 4.79 Å². The molecule has 4 nitrogen and oxygen atoms in total. The molecular formula is C19H19ClO4. The van der Waals surface area contributed by atoms with Crippen LogP contribution in [0.4, 0.5) is 0 Å². The third-order valence-electron chi connectivity index (χ3n) is 4.00. The van der Waals surface area contributed by atoms with E-state index in [1.807, 2.05) is 48.5 Å². The fourth-order valence-corrected chi connectivity index (χ4v) is 3.01. The predicted molar refractivity (Wildman–Crippen MR) is 92.0 cm³/mol. The largest absolute Gasteiger partial charge is 0.464 e. The summed E-state index contributed by atoms with van der Waals surface area (Å²) in [5.41, 5.74) is 1.34. The Hall–Kier alpha value is -1.88. The minimum absolute atomic E-state index is 0.135. The smallest absolute Gasteiger partial charge is 0.345 e. The minimum atomic E-state index is -1.25. The summed E-state index contributed by atoms with van der Waals surface area (Å²) in [7, 11) is 0. The van der Waals surface area contributed by atoms with Crippen molar-refractivity contribution >= 4 is 17.6 Å². The number of rotatable bonds is 4. The van der Waals surface area contributed by atoms with E-state index in [-0.39, 0.29) is 13.2 Å². The highest BCUT2D eigenvalue weighted by Gasteiger charge is 2.46. The number of carbonyl (C=O) groups is 1. The van der Waals surface area contributed by atoms with Crippen LogP contribution in [0.3, 0.4) is 0 Å². The van der Waals surface area contributed by atoms with Crippen molar-refractivity contribution in [1.82, 2.24) is 0 Å². The molecule has 2 aromatic rings. The molecule has 0 aliphatic carbocycles. The topological polar surface area (TPSA) is 44.8 Å². The highest BCUT2D eigenvalue weighted by molar-refractivity contribution is 6.30. The first kappa shape index (κ1) is 17.0. The van der Waals surface area contributed by atoms with Crippen LogP contribution in [0.25, 0.3) is 11.1 Å². The van der Waals surface area contributed by atoms with Crippen molar-refractivity contribution in [2.45, 2.75) is 12.5 Å². The molecular weight excluding hydrogens is 328 g/mol. The maximum Gasteiger partial charge on any atom is 0.345 e. The Bertz CT molecular complexity index is 706. The van der Waals surface area contributed by atoms with Gasteiger partial charge in [-0.15, -0.1) is 0 Å². The Morgan fingerprint density at radius 2 is 1.92 bits per heavy atom. The van der Waals surface area contributed by atoms with E-state index in [0.29, 0.717) is 18.2 Å². The van der Waals surface area contributed by atoms with Crippen molar-refractivity contribution in [3.05, 3.63) is 59.1 Å². The number of hydrogen-bond donors (Lipinski definition) is 0. The average molecular weight is 347 g/mol. The Morgan fingerprint density at radius 3 is 2.58 bits per heavy atom. The van der Waals surface area contributed by atoms with Gasteiger partial charge < -0.3 is 14.2 Å². The average Bonchev–Trinajstić information content (AvgIpc) is 2.63. The van der Waals surface area contributed by atoms with Gasteiger partial charge in [0.05, 0.1) is 26.4 Å². The number of esters is 1. The van der Waals surface area contributed by atoms with E-state index >= 15 is 0 Å². The molecule has 1 aliphatic rings. The highest BCUT2D eigenvalue weighted by atomic mass is 35.5. The summed E-state index contributed by atoms with van der Waals surface area (Å²) in [6, 6.07) is 15.1. The van der Waals surface area contributed by atoms with Gasteiger partial charge in [-0.3, -0.25) is 0 Å². The van der Waals surface area contributed by atoms with Crippen LogP contribution in [-0.4, -0.2) is 32.4 Å². The van der Waals surface area contributed by atoms with Gasteiger partial charge in [0.2, 0.25) is 5.60 Å². The zero-order valence-electron chi connectivity index (χ0n) is 13.5. The molecule has 1 heterocycles. The molecule has 5 heteroatoms. The van der Waals surface area contributed by atoms with Crippen LogP contribution in [0.2, 0.25) is 5.02 Å². The van der Waals surface area contributed by atoms with Crippen molar-refractivity contribution in [3.63, 3.8) is 0 Å². The van der Waals surface area contributed by atoms with Gasteiger partial charge in [-0.25, -0.2) is 4.79 Å². The molecule has 3 rings (SSSR count). The molecule has 0 amide bonds. The van der Waals surface area contributed by atoms with Crippen LogP contribution < -0.4 is 0 Å². The summed E-state index contributed by atoms with van der Waals surface area (Å²) >= 11 is 5.99. The lowest BCUT2D eigenvalue weighted by Gasteiger charge is -2.36. The van der Waals surface area contributed by atoms with E-state index in [4.69, 9.17) is 25.8 Å². The van der Waals surface area contributed by atoms with Crippen LogP contribution >= 0.6 is 11.6 Å². The third-order valence-corrected chi connectivity index (χ3v) is 4.26. The number of halogens is 1. The third kappa shape index (κ3) is 3.18. The van der Waals surface area contributed by atoms with Crippen molar-refractivity contribution in [3.8, 4) is 11.1 Å². The zero-order valence-corrected chi connectivity index (χ0v) is 14.2. The number of ether oxygens (including phenoxy) is 3. The minimum Gasteiger partial charge on any atom is -0.464 e. The number of hydrogen-bond acceptors (Lipinski definition) is 4. The summed E-state index contributed by atoms with van der Waals surface area (Å²) in [5.74, 6) is -0.425. The van der Waals surface area contributed by atoms with Gasteiger partial charge in [0.1, 0.15) is 0 Å². The van der Waals surface area contributed by atoms with E-state index in [1.54, 1.807) is 6.92 Å². The lowest BCUT2D eigenvalue weighted by molar-refractivity contribution is -0.202. The molecule has 2 aromatic carbocycles. The summed E-state index contributed by atoms with van der Waals surface area (Å²) in [5, 5.41) is 0.661. The molecule has 24 heavy (non-hydrogen) atoms. The summed E-state index contributed by atoms with van der Waals surface area (Å²) in [6.45, 7) is 3.00. The van der Waals surface area contributed by atoms with Gasteiger partial charge in [-0.1, -0.05) is 48.0 Å². The first-order valence-electron chi connectivity index (χ1n) is 7.92. The van der Waals surface area contributed by atoms with Gasteiger partial charge in [0.15, 0.2) is 0 Å². The fourth-order valence-electron chi connectivity index (χ4n) is 2.88. The monoisotopic (exact) mass is 346 g/mol. The Kier molecular flexibility index (Phi) is 5.19. The molecule has 0 N–H and O–H groups in total. The van der Waals surface area contributed by atoms with E-state index in [1.165, 1.54) is 0 Å². The lowest BCUT2D eigenvalue weighted by Crippen LogP contribution is -2.48. The summed E-state index contributed by atoms with van der Waals surface area (Å²) < 4.78 is 16.8. The van der Waals surface area contributed by atoms with E-state index in [2.05, 4.69) is 0 Å². The van der Waals surface area contributed by atoms with Crippen molar-refractivity contribution in [1.29, 1.82) is 0 Å². The standard InChI is InChI=1S/C19H19ClO4/c1-2-23-18(21)19(13-22-11-12-24-19)17-6-4-3-5-16(17)14-7-9-15(20)10-8-14/h3-10H,2,11-13H2,1H3. The predicted octanol–water partition coefficient (Wildman–Crippen LogP) is 3.81. The second-order valence-corrected chi connectivity index (χ2v) is 5.94. The molecule has 0 spiro atoms. The number of benzene rings is 2. The summed E-state index contributed by atoms with van der Waals surface area (Å²) in [4.78, 5) is 12.7. The maximum absolute atomic E-state index is 12.7. The SMILES string of the molecule is CCOC(=O)C1(c2ccccc2-c2ccc(Cl)cc2)COCCO1. The first-order chi connectivity index (χ1) is 11.7. The van der Waals surface area contributed by atoms with Gasteiger partial charge >= 0.3 is 5.97 Å². The molecule has 0 bridgehead atoms. The van der Waals surface area contributed by atoms with E-state index in [0.717, 1.165) is 16.7 Å². The number of carbonyl (C=O) groups excluding carboxylic acids is 1. The molecule has 1 unspecified atom stereocenters. The van der Waals surface area contributed by atoms with Gasteiger partial charge in [0, 0.05) is 10.6 Å². The normalized spacial score (nSPS) is 20.6. The molecule has 0 saturated carbocycles. The molecule has 1 atom stereocenters. The molecule has 126 valence electrons. The van der Waals surface area contributed by atoms with Crippen LogP contribution in [0.5, 0.6) is 0 Å². The Morgan fingerprint density at radius 1 is 1.17 bits per heavy atom. The van der Waals surface area contributed by atoms with E-state index < -0.39 is 11.6 Å². The zero-order chi connectivity index (χ0) is 17.0. The second-order valence-electron chi connectivity index (χ2n) is 5.50. The van der Waals surface area contributed by atoms with Crippen LogP contribution in [0, 0.1) is 0 Å². The Labute approximate surface area is 146 Å². The Balaban J connectivity index is 2.11. The van der Waals surface area contributed by atoms with Gasteiger partial charge in [0.25, 0.3) is 0 Å². The lowest BCUT2D eigenvalue weighted by atomic mass is 9.86. The fraction of sp³-hybridized carbons (Fsp3) is 0.316. The van der Waals surface area contributed by atoms with Gasteiger partial charge in [-0.05, 0) is 30.2 Å². The molecule has 1 saturated heterocycles. The highest BCUT2D eigenvalue weighted by Crippen LogP contribution is 2.37. The second kappa shape index (κ2) is 7.34. The maximum atomic E-state index is 12.7. The van der Waals surface area contributed by atoms with Crippen molar-refractivity contribution in [2.24, 2.45) is 0 Å². The van der Waals surface area contributed by atoms with Crippen molar-refractivity contribution < 1.29 is 19.0 Å².